The number of phenolic OH excluding ortho intramolecular Hbond substituents is 1. The van der Waals surface area contributed by atoms with Gasteiger partial charge < -0.3 is 19.4 Å². The van der Waals surface area contributed by atoms with Crippen LogP contribution >= 0.6 is 0 Å². The first-order valence-electron chi connectivity index (χ1n) is 10.9. The van der Waals surface area contributed by atoms with Crippen molar-refractivity contribution in [2.45, 2.75) is 20.1 Å². The average Bonchev–Trinajstić information content (AvgIpc) is 3.25. The summed E-state index contributed by atoms with van der Waals surface area (Å²) >= 11 is 0. The molecule has 0 spiro atoms. The van der Waals surface area contributed by atoms with E-state index in [9.17, 15) is 14.7 Å². The first-order valence-corrected chi connectivity index (χ1v) is 10.9. The lowest BCUT2D eigenvalue weighted by molar-refractivity contribution is -0.108. The van der Waals surface area contributed by atoms with Crippen LogP contribution in [0.2, 0.25) is 0 Å². The number of carbonyl (C=O) groups is 2. The van der Waals surface area contributed by atoms with Crippen molar-refractivity contribution in [3.8, 4) is 22.9 Å². The molecule has 0 unspecified atom stereocenters. The van der Waals surface area contributed by atoms with Crippen molar-refractivity contribution < 1.29 is 24.2 Å². The molecule has 0 aliphatic rings. The Balaban J connectivity index is 1.40. The average molecular weight is 473 g/mol. The molecule has 3 aromatic carbocycles. The number of phenols is 1. The number of amides is 1. The van der Waals surface area contributed by atoms with Crippen LogP contribution in [0, 0.1) is 6.92 Å². The van der Waals surface area contributed by atoms with Gasteiger partial charge in [0.15, 0.2) is 0 Å². The fourth-order valence-corrected chi connectivity index (χ4v) is 3.30. The molecule has 9 heteroatoms. The highest BCUT2D eigenvalue weighted by atomic mass is 16.6. The van der Waals surface area contributed by atoms with Crippen molar-refractivity contribution in [2.75, 3.05) is 6.54 Å². The third-order valence-corrected chi connectivity index (χ3v) is 5.11. The number of aromatic hydroxyl groups is 1. The summed E-state index contributed by atoms with van der Waals surface area (Å²) in [5, 5.41) is 18.3. The molecular formula is C26H24N4O5. The monoisotopic (exact) mass is 472 g/mol. The van der Waals surface area contributed by atoms with Gasteiger partial charge in [0.25, 0.3) is 0 Å². The highest BCUT2D eigenvalue weighted by molar-refractivity contribution is 5.73. The Morgan fingerprint density at radius 2 is 1.77 bits per heavy atom. The minimum absolute atomic E-state index is 0.0594. The Morgan fingerprint density at radius 1 is 1.00 bits per heavy atom. The Bertz CT molecular complexity index is 1290. The van der Waals surface area contributed by atoms with Crippen LogP contribution in [0.1, 0.15) is 17.0 Å². The Morgan fingerprint density at radius 3 is 2.51 bits per heavy atom. The molecule has 1 amide bonds. The van der Waals surface area contributed by atoms with Gasteiger partial charge in [0, 0.05) is 6.54 Å². The van der Waals surface area contributed by atoms with E-state index in [1.165, 1.54) is 29.2 Å². The van der Waals surface area contributed by atoms with Gasteiger partial charge in [-0.2, -0.15) is 9.90 Å². The van der Waals surface area contributed by atoms with E-state index in [1.807, 2.05) is 49.4 Å². The lowest BCUT2D eigenvalue weighted by atomic mass is 10.2. The van der Waals surface area contributed by atoms with Gasteiger partial charge in [-0.25, -0.2) is 4.79 Å². The molecule has 1 aromatic heterocycles. The van der Waals surface area contributed by atoms with Crippen LogP contribution in [0.25, 0.3) is 5.69 Å². The molecule has 0 atom stereocenters. The Hall–Kier alpha value is -4.66. The van der Waals surface area contributed by atoms with E-state index in [4.69, 9.17) is 9.47 Å². The van der Waals surface area contributed by atoms with Gasteiger partial charge in [0.05, 0.1) is 17.9 Å². The van der Waals surface area contributed by atoms with E-state index >= 15 is 0 Å². The summed E-state index contributed by atoms with van der Waals surface area (Å²) in [6.45, 7) is 2.11. The van der Waals surface area contributed by atoms with E-state index in [0.29, 0.717) is 17.7 Å². The van der Waals surface area contributed by atoms with Crippen molar-refractivity contribution in [3.63, 3.8) is 0 Å². The van der Waals surface area contributed by atoms with Crippen molar-refractivity contribution in [2.24, 2.45) is 0 Å². The molecule has 0 saturated carbocycles. The first-order chi connectivity index (χ1) is 17.0. The number of aryl methyl sites for hydroxylation is 1. The topological polar surface area (TPSA) is 107 Å². The predicted octanol–water partition coefficient (Wildman–Crippen LogP) is 4.06. The van der Waals surface area contributed by atoms with Gasteiger partial charge in [-0.05, 0) is 61.0 Å². The molecule has 0 fully saturated rings. The second-order valence-electron chi connectivity index (χ2n) is 7.70. The Kier molecular flexibility index (Phi) is 7.37. The molecular weight excluding hydrogens is 448 g/mol. The summed E-state index contributed by atoms with van der Waals surface area (Å²) in [4.78, 5) is 26.6. The van der Waals surface area contributed by atoms with Crippen molar-refractivity contribution >= 4 is 12.4 Å². The van der Waals surface area contributed by atoms with Crippen LogP contribution in [-0.4, -0.2) is 43.9 Å². The smallest absolute Gasteiger partial charge is 0.415 e. The quantitative estimate of drug-likeness (QED) is 0.366. The molecule has 4 aromatic rings. The normalized spacial score (nSPS) is 10.5. The maximum Gasteiger partial charge on any atom is 0.415 e. The van der Waals surface area contributed by atoms with Crippen LogP contribution in [0.5, 0.6) is 17.2 Å². The van der Waals surface area contributed by atoms with Crippen molar-refractivity contribution in [1.29, 1.82) is 0 Å². The highest BCUT2D eigenvalue weighted by Crippen LogP contribution is 2.20. The summed E-state index contributed by atoms with van der Waals surface area (Å²) < 4.78 is 11.2. The lowest BCUT2D eigenvalue weighted by Crippen LogP contribution is -2.34. The summed E-state index contributed by atoms with van der Waals surface area (Å²) in [6, 6.07) is 22.6. The number of hydrogen-bond acceptors (Lipinski definition) is 7. The summed E-state index contributed by atoms with van der Waals surface area (Å²) in [5.41, 5.74) is 3.09. The number of rotatable bonds is 9. The molecule has 178 valence electrons. The predicted molar refractivity (Wildman–Crippen MR) is 127 cm³/mol. The minimum Gasteiger partial charge on any atom is -0.508 e. The number of aldehydes is 1. The molecule has 0 saturated heterocycles. The van der Waals surface area contributed by atoms with E-state index in [0.717, 1.165) is 16.9 Å². The number of hydrogen-bond donors (Lipinski definition) is 1. The zero-order valence-electron chi connectivity index (χ0n) is 19.1. The number of nitrogens with zero attached hydrogens (tertiary/aromatic N) is 4. The third kappa shape index (κ3) is 6.23. The fourth-order valence-electron chi connectivity index (χ4n) is 3.30. The van der Waals surface area contributed by atoms with Gasteiger partial charge in [-0.3, -0.25) is 4.90 Å². The fraction of sp³-hybridized carbons (Fsp3) is 0.154. The number of carbonyl (C=O) groups excluding carboxylic acids is 2. The van der Waals surface area contributed by atoms with E-state index < -0.39 is 6.09 Å². The second-order valence-corrected chi connectivity index (χ2v) is 7.70. The van der Waals surface area contributed by atoms with Crippen molar-refractivity contribution in [3.05, 3.63) is 95.8 Å². The van der Waals surface area contributed by atoms with E-state index in [2.05, 4.69) is 10.2 Å². The molecule has 35 heavy (non-hydrogen) atoms. The molecule has 0 aliphatic carbocycles. The molecule has 0 radical (unpaired) electrons. The first kappa shape index (κ1) is 23.5. The van der Waals surface area contributed by atoms with Gasteiger partial charge in [-0.1, -0.05) is 30.3 Å². The highest BCUT2D eigenvalue weighted by Gasteiger charge is 2.17. The molecule has 0 bridgehead atoms. The standard InChI is InChI=1S/C26H24N4O5/c1-19-25(28-30(27-19)21-7-3-2-4-8-21)18-34-24-9-5-6-20(16-24)17-29(14-15-31)26(33)35-23-12-10-22(32)11-13-23/h2-13,15-16,32H,14,17-18H2,1H3. The van der Waals surface area contributed by atoms with Gasteiger partial charge in [0.2, 0.25) is 0 Å². The summed E-state index contributed by atoms with van der Waals surface area (Å²) in [6.07, 6.45) is -0.0423. The second kappa shape index (κ2) is 11.0. The van der Waals surface area contributed by atoms with Crippen LogP contribution in [0.4, 0.5) is 4.79 Å². The SMILES string of the molecule is Cc1nn(-c2ccccc2)nc1COc1cccc(CN(CC=O)C(=O)Oc2ccc(O)cc2)c1. The van der Waals surface area contributed by atoms with Gasteiger partial charge in [-0.15, -0.1) is 5.10 Å². The number of ether oxygens (including phenoxy) is 2. The van der Waals surface area contributed by atoms with E-state index in [-0.39, 0.29) is 31.2 Å². The van der Waals surface area contributed by atoms with Crippen molar-refractivity contribution in [1.82, 2.24) is 19.9 Å². The Labute approximate surface area is 202 Å². The maximum absolute atomic E-state index is 12.6. The minimum atomic E-state index is -0.678. The number of benzene rings is 3. The third-order valence-electron chi connectivity index (χ3n) is 5.11. The van der Waals surface area contributed by atoms with Crippen LogP contribution in [-0.2, 0) is 17.9 Å². The molecule has 1 N–H and O–H groups in total. The zero-order chi connectivity index (χ0) is 24.6. The largest absolute Gasteiger partial charge is 0.508 e. The van der Waals surface area contributed by atoms with Crippen LogP contribution in [0.3, 0.4) is 0 Å². The summed E-state index contributed by atoms with van der Waals surface area (Å²) in [7, 11) is 0. The van der Waals surface area contributed by atoms with Crippen LogP contribution < -0.4 is 9.47 Å². The lowest BCUT2D eigenvalue weighted by Gasteiger charge is -2.20. The molecule has 9 nitrogen and oxygen atoms in total. The van der Waals surface area contributed by atoms with Gasteiger partial charge >= 0.3 is 6.09 Å². The van der Waals surface area contributed by atoms with E-state index in [1.54, 1.807) is 16.9 Å². The summed E-state index contributed by atoms with van der Waals surface area (Å²) in [5.74, 6) is 0.915. The molecule has 1 heterocycles. The zero-order valence-corrected chi connectivity index (χ0v) is 19.1. The van der Waals surface area contributed by atoms with Gasteiger partial charge in [0.1, 0.15) is 35.8 Å². The number of aromatic nitrogens is 3. The van der Waals surface area contributed by atoms with Crippen LogP contribution in [0.15, 0.2) is 78.9 Å². The molecule has 0 aliphatic heterocycles. The maximum atomic E-state index is 12.6. The molecule has 4 rings (SSSR count). The number of para-hydroxylation sites is 1.